The van der Waals surface area contributed by atoms with E-state index in [-0.39, 0.29) is 30.8 Å². The topological polar surface area (TPSA) is 71.5 Å². The van der Waals surface area contributed by atoms with Crippen molar-refractivity contribution >= 4 is 11.8 Å². The first kappa shape index (κ1) is 22.0. The van der Waals surface area contributed by atoms with Crippen LogP contribution in [0, 0.1) is 5.82 Å². The first-order chi connectivity index (χ1) is 15.0. The molecule has 0 saturated carbocycles. The van der Waals surface area contributed by atoms with Gasteiger partial charge >= 0.3 is 0 Å². The third-order valence-corrected chi connectivity index (χ3v) is 4.76. The summed E-state index contributed by atoms with van der Waals surface area (Å²) in [6.45, 7) is 1.92. The number of para-hydroxylation sites is 1. The van der Waals surface area contributed by atoms with Crippen LogP contribution in [-0.2, 0) is 22.7 Å². The molecule has 0 aliphatic heterocycles. The van der Waals surface area contributed by atoms with Crippen LogP contribution in [0.5, 0.6) is 5.75 Å². The molecule has 0 aliphatic rings. The summed E-state index contributed by atoms with van der Waals surface area (Å²) in [4.78, 5) is 31.1. The number of nitrogens with one attached hydrogen (secondary N) is 1. The molecule has 31 heavy (non-hydrogen) atoms. The lowest BCUT2D eigenvalue weighted by molar-refractivity contribution is -0.142. The van der Waals surface area contributed by atoms with Crippen molar-refractivity contribution in [3.8, 4) is 5.75 Å². The highest BCUT2D eigenvalue weighted by atomic mass is 19.1. The van der Waals surface area contributed by atoms with E-state index in [0.717, 1.165) is 5.56 Å². The molecule has 0 bridgehead atoms. The van der Waals surface area contributed by atoms with Gasteiger partial charge in [-0.15, -0.1) is 0 Å². The van der Waals surface area contributed by atoms with Gasteiger partial charge in [0, 0.05) is 25.5 Å². The summed E-state index contributed by atoms with van der Waals surface area (Å²) in [5, 5.41) is 2.84. The van der Waals surface area contributed by atoms with Crippen LogP contribution in [-0.4, -0.2) is 34.3 Å². The molecule has 160 valence electrons. The van der Waals surface area contributed by atoms with Gasteiger partial charge in [-0.2, -0.15) is 0 Å². The third kappa shape index (κ3) is 6.64. The summed E-state index contributed by atoms with van der Waals surface area (Å²) in [5.74, 6) is -0.448. The molecule has 1 N–H and O–H groups in total. The highest BCUT2D eigenvalue weighted by Crippen LogP contribution is 2.13. The van der Waals surface area contributed by atoms with Gasteiger partial charge in [-0.25, -0.2) is 4.39 Å². The normalized spacial score (nSPS) is 11.4. The molecule has 0 aliphatic carbocycles. The fourth-order valence-electron chi connectivity index (χ4n) is 2.95. The summed E-state index contributed by atoms with van der Waals surface area (Å²) >= 11 is 0. The Hall–Kier alpha value is -3.74. The second-order valence-electron chi connectivity index (χ2n) is 7.00. The van der Waals surface area contributed by atoms with Crippen molar-refractivity contribution in [2.24, 2.45) is 0 Å². The van der Waals surface area contributed by atoms with E-state index in [4.69, 9.17) is 4.74 Å². The minimum atomic E-state index is -0.751. The number of benzene rings is 2. The van der Waals surface area contributed by atoms with Crippen molar-refractivity contribution in [3.05, 3.63) is 96.1 Å². The van der Waals surface area contributed by atoms with E-state index in [0.29, 0.717) is 17.9 Å². The molecule has 1 unspecified atom stereocenters. The summed E-state index contributed by atoms with van der Waals surface area (Å²) in [5.41, 5.74) is 1.61. The van der Waals surface area contributed by atoms with Gasteiger partial charge in [0.25, 0.3) is 5.91 Å². The lowest BCUT2D eigenvalue weighted by Crippen LogP contribution is -2.48. The number of rotatable bonds is 9. The molecule has 3 aromatic rings. The molecule has 0 fully saturated rings. The maximum absolute atomic E-state index is 13.3. The Bertz CT molecular complexity index is 982. The predicted molar refractivity (Wildman–Crippen MR) is 114 cm³/mol. The smallest absolute Gasteiger partial charge is 0.261 e. The zero-order valence-electron chi connectivity index (χ0n) is 17.2. The van der Waals surface area contributed by atoms with Crippen LogP contribution in [0.15, 0.2) is 79.1 Å². The van der Waals surface area contributed by atoms with E-state index < -0.39 is 6.04 Å². The van der Waals surface area contributed by atoms with E-state index in [2.05, 4.69) is 10.3 Å². The van der Waals surface area contributed by atoms with E-state index in [1.54, 1.807) is 55.7 Å². The maximum Gasteiger partial charge on any atom is 0.261 e. The summed E-state index contributed by atoms with van der Waals surface area (Å²) in [7, 11) is 0. The SMILES string of the molecule is CC(C(=O)NCc1ccncc1)N(Cc1ccc(F)cc1)C(=O)COc1ccccc1. The van der Waals surface area contributed by atoms with E-state index in [9.17, 15) is 14.0 Å². The molecule has 2 amide bonds. The molecule has 6 nitrogen and oxygen atoms in total. The molecule has 1 atom stereocenters. The highest BCUT2D eigenvalue weighted by molar-refractivity contribution is 5.87. The molecule has 7 heteroatoms. The van der Waals surface area contributed by atoms with Gasteiger partial charge in [-0.05, 0) is 54.4 Å². The van der Waals surface area contributed by atoms with Gasteiger partial charge in [-0.1, -0.05) is 30.3 Å². The van der Waals surface area contributed by atoms with Crippen molar-refractivity contribution in [2.75, 3.05) is 6.61 Å². The van der Waals surface area contributed by atoms with Gasteiger partial charge in [0.2, 0.25) is 5.91 Å². The number of nitrogens with zero attached hydrogens (tertiary/aromatic N) is 2. The van der Waals surface area contributed by atoms with Crippen LogP contribution in [0.2, 0.25) is 0 Å². The molecule has 3 rings (SSSR count). The molecule has 0 saturated heterocycles. The third-order valence-electron chi connectivity index (χ3n) is 4.76. The zero-order chi connectivity index (χ0) is 22.1. The summed E-state index contributed by atoms with van der Waals surface area (Å²) in [6.07, 6.45) is 3.30. The number of carbonyl (C=O) groups is 2. The summed E-state index contributed by atoms with van der Waals surface area (Å²) < 4.78 is 18.8. The first-order valence-corrected chi connectivity index (χ1v) is 9.91. The van der Waals surface area contributed by atoms with Crippen molar-refractivity contribution < 1.29 is 18.7 Å². The summed E-state index contributed by atoms with van der Waals surface area (Å²) in [6, 6.07) is 17.7. The quantitative estimate of drug-likeness (QED) is 0.575. The second kappa shape index (κ2) is 10.9. The Labute approximate surface area is 180 Å². The van der Waals surface area contributed by atoms with Crippen molar-refractivity contribution in [3.63, 3.8) is 0 Å². The molecular weight excluding hydrogens is 397 g/mol. The van der Waals surface area contributed by atoms with Crippen LogP contribution in [0.3, 0.4) is 0 Å². The fourth-order valence-corrected chi connectivity index (χ4v) is 2.95. The van der Waals surface area contributed by atoms with Gasteiger partial charge in [0.15, 0.2) is 6.61 Å². The van der Waals surface area contributed by atoms with Gasteiger partial charge in [0.05, 0.1) is 0 Å². The highest BCUT2D eigenvalue weighted by Gasteiger charge is 2.26. The standard InChI is InChI=1S/C24H24FN3O3/c1-18(24(30)27-15-19-11-13-26-14-12-19)28(16-20-7-9-21(25)10-8-20)23(29)17-31-22-5-3-2-4-6-22/h2-14,18H,15-17H2,1H3,(H,27,30). The minimum Gasteiger partial charge on any atom is -0.484 e. The predicted octanol–water partition coefficient (Wildman–Crippen LogP) is 3.33. The van der Waals surface area contributed by atoms with Crippen molar-refractivity contribution in [2.45, 2.75) is 26.1 Å². The van der Waals surface area contributed by atoms with E-state index in [1.807, 2.05) is 18.2 Å². The zero-order valence-corrected chi connectivity index (χ0v) is 17.2. The molecule has 1 aromatic heterocycles. The molecular formula is C24H24FN3O3. The van der Waals surface area contributed by atoms with Gasteiger partial charge in [-0.3, -0.25) is 14.6 Å². The van der Waals surface area contributed by atoms with Crippen LogP contribution in [0.1, 0.15) is 18.1 Å². The monoisotopic (exact) mass is 421 g/mol. The van der Waals surface area contributed by atoms with Gasteiger partial charge in [0.1, 0.15) is 17.6 Å². The number of pyridine rings is 1. The molecule has 1 heterocycles. The number of halogens is 1. The van der Waals surface area contributed by atoms with E-state index in [1.165, 1.54) is 17.0 Å². The van der Waals surface area contributed by atoms with Gasteiger partial charge < -0.3 is 15.0 Å². The Morgan fingerprint density at radius 1 is 1.00 bits per heavy atom. The average Bonchev–Trinajstić information content (AvgIpc) is 2.81. The molecule has 0 spiro atoms. The van der Waals surface area contributed by atoms with Crippen molar-refractivity contribution in [1.82, 2.24) is 15.2 Å². The minimum absolute atomic E-state index is 0.154. The average molecular weight is 421 g/mol. The first-order valence-electron chi connectivity index (χ1n) is 9.91. The Morgan fingerprint density at radius 3 is 2.35 bits per heavy atom. The Balaban J connectivity index is 1.69. The molecule has 0 radical (unpaired) electrons. The molecule has 2 aromatic carbocycles. The van der Waals surface area contributed by atoms with Crippen LogP contribution in [0.4, 0.5) is 4.39 Å². The maximum atomic E-state index is 13.3. The number of ether oxygens (including phenoxy) is 1. The van der Waals surface area contributed by atoms with E-state index >= 15 is 0 Å². The fraction of sp³-hybridized carbons (Fsp3) is 0.208. The lowest BCUT2D eigenvalue weighted by atomic mass is 10.1. The largest absolute Gasteiger partial charge is 0.484 e. The number of hydrogen-bond donors (Lipinski definition) is 1. The van der Waals surface area contributed by atoms with Crippen LogP contribution >= 0.6 is 0 Å². The van der Waals surface area contributed by atoms with Crippen molar-refractivity contribution in [1.29, 1.82) is 0 Å². The number of aromatic nitrogens is 1. The Morgan fingerprint density at radius 2 is 1.68 bits per heavy atom. The Kier molecular flexibility index (Phi) is 7.70. The van der Waals surface area contributed by atoms with Crippen LogP contribution < -0.4 is 10.1 Å². The number of amides is 2. The van der Waals surface area contributed by atoms with Crippen LogP contribution in [0.25, 0.3) is 0 Å². The lowest BCUT2D eigenvalue weighted by Gasteiger charge is -2.28. The number of hydrogen-bond acceptors (Lipinski definition) is 4. The second-order valence-corrected chi connectivity index (χ2v) is 7.00. The number of carbonyl (C=O) groups excluding carboxylic acids is 2.